The number of aryl methyl sites for hydroxylation is 2. The quantitative estimate of drug-likeness (QED) is 0.726. The number of sulfonamides is 1. The van der Waals surface area contributed by atoms with Crippen LogP contribution in [0.15, 0.2) is 12.3 Å². The van der Waals surface area contributed by atoms with Gasteiger partial charge in [-0.25, -0.2) is 13.1 Å². The fraction of sp³-hybridized carbons (Fsp3) is 0.667. The number of aromatic nitrogens is 2. The van der Waals surface area contributed by atoms with E-state index in [4.69, 9.17) is 0 Å². The van der Waals surface area contributed by atoms with Crippen LogP contribution in [0.4, 0.5) is 0 Å². The molecule has 1 aromatic rings. The summed E-state index contributed by atoms with van der Waals surface area (Å²) in [5, 5.41) is 4.20. The first-order valence-corrected chi connectivity index (χ1v) is 6.66. The standard InChI is InChI=1S/C9H17N3O2S/c1-3-15(13,14)10-6-4-7-12-8-5-9(2)11-12/h5,8,10H,3-4,6-7H2,1-2H3. The molecule has 0 amide bonds. The maximum absolute atomic E-state index is 11.1. The molecular weight excluding hydrogens is 214 g/mol. The predicted molar refractivity (Wildman–Crippen MR) is 59.0 cm³/mol. The molecule has 0 bridgehead atoms. The zero-order chi connectivity index (χ0) is 11.3. The second-order valence-electron chi connectivity index (χ2n) is 3.37. The van der Waals surface area contributed by atoms with Crippen molar-refractivity contribution in [2.45, 2.75) is 26.8 Å². The molecule has 1 heterocycles. The van der Waals surface area contributed by atoms with Crippen molar-refractivity contribution < 1.29 is 8.42 Å². The van der Waals surface area contributed by atoms with Crippen LogP contribution in [0.5, 0.6) is 0 Å². The summed E-state index contributed by atoms with van der Waals surface area (Å²) >= 11 is 0. The number of hydrogen-bond donors (Lipinski definition) is 1. The van der Waals surface area contributed by atoms with E-state index in [0.717, 1.165) is 18.7 Å². The topological polar surface area (TPSA) is 64.0 Å². The van der Waals surface area contributed by atoms with E-state index in [0.29, 0.717) is 6.54 Å². The third kappa shape index (κ3) is 4.44. The van der Waals surface area contributed by atoms with Crippen molar-refractivity contribution in [2.24, 2.45) is 0 Å². The van der Waals surface area contributed by atoms with Gasteiger partial charge in [0.25, 0.3) is 0 Å². The average molecular weight is 231 g/mol. The maximum atomic E-state index is 11.1. The molecule has 6 heteroatoms. The van der Waals surface area contributed by atoms with Crippen LogP contribution in [-0.2, 0) is 16.6 Å². The van der Waals surface area contributed by atoms with Crippen molar-refractivity contribution in [3.63, 3.8) is 0 Å². The summed E-state index contributed by atoms with van der Waals surface area (Å²) in [5.74, 6) is 0.133. The molecule has 0 fully saturated rings. The Morgan fingerprint density at radius 1 is 1.53 bits per heavy atom. The highest BCUT2D eigenvalue weighted by Gasteiger charge is 2.04. The van der Waals surface area contributed by atoms with E-state index in [9.17, 15) is 8.42 Å². The van der Waals surface area contributed by atoms with Crippen molar-refractivity contribution in [3.8, 4) is 0 Å². The van der Waals surface area contributed by atoms with Crippen molar-refractivity contribution >= 4 is 10.0 Å². The van der Waals surface area contributed by atoms with E-state index in [-0.39, 0.29) is 5.75 Å². The minimum Gasteiger partial charge on any atom is -0.272 e. The van der Waals surface area contributed by atoms with Gasteiger partial charge in [-0.2, -0.15) is 5.10 Å². The summed E-state index contributed by atoms with van der Waals surface area (Å²) < 4.78 is 26.5. The molecule has 1 N–H and O–H groups in total. The first-order chi connectivity index (χ1) is 7.03. The first-order valence-electron chi connectivity index (χ1n) is 5.01. The van der Waals surface area contributed by atoms with Gasteiger partial charge in [0.05, 0.1) is 11.4 Å². The van der Waals surface area contributed by atoms with Crippen LogP contribution in [-0.4, -0.2) is 30.5 Å². The van der Waals surface area contributed by atoms with Crippen LogP contribution in [0.1, 0.15) is 19.0 Å². The van der Waals surface area contributed by atoms with Crippen molar-refractivity contribution in [2.75, 3.05) is 12.3 Å². The van der Waals surface area contributed by atoms with Gasteiger partial charge in [-0.3, -0.25) is 4.68 Å². The third-order valence-electron chi connectivity index (χ3n) is 2.04. The molecule has 0 aliphatic heterocycles. The third-order valence-corrected chi connectivity index (χ3v) is 3.44. The van der Waals surface area contributed by atoms with Crippen molar-refractivity contribution in [1.29, 1.82) is 0 Å². The summed E-state index contributed by atoms with van der Waals surface area (Å²) in [6.07, 6.45) is 2.64. The Hall–Kier alpha value is -0.880. The zero-order valence-electron chi connectivity index (χ0n) is 9.10. The van der Waals surface area contributed by atoms with Gasteiger partial charge < -0.3 is 0 Å². The highest BCUT2D eigenvalue weighted by Crippen LogP contribution is 1.94. The molecule has 5 nitrogen and oxygen atoms in total. The van der Waals surface area contributed by atoms with E-state index >= 15 is 0 Å². The highest BCUT2D eigenvalue weighted by molar-refractivity contribution is 7.89. The Morgan fingerprint density at radius 3 is 2.80 bits per heavy atom. The van der Waals surface area contributed by atoms with E-state index in [1.165, 1.54) is 0 Å². The molecule has 0 saturated carbocycles. The Morgan fingerprint density at radius 2 is 2.27 bits per heavy atom. The summed E-state index contributed by atoms with van der Waals surface area (Å²) in [5.41, 5.74) is 0.976. The van der Waals surface area contributed by atoms with E-state index in [1.807, 2.05) is 23.9 Å². The Balaban J connectivity index is 2.23. The van der Waals surface area contributed by atoms with Crippen LogP contribution in [0.3, 0.4) is 0 Å². The Bertz CT molecular complexity index is 397. The van der Waals surface area contributed by atoms with Gasteiger partial charge in [0, 0.05) is 19.3 Å². The SMILES string of the molecule is CCS(=O)(=O)NCCCn1ccc(C)n1. The molecule has 1 aromatic heterocycles. The van der Waals surface area contributed by atoms with Gasteiger partial charge >= 0.3 is 0 Å². The fourth-order valence-electron chi connectivity index (χ4n) is 1.16. The van der Waals surface area contributed by atoms with Crippen LogP contribution in [0.2, 0.25) is 0 Å². The van der Waals surface area contributed by atoms with E-state index in [1.54, 1.807) is 6.92 Å². The normalized spacial score (nSPS) is 11.9. The first kappa shape index (κ1) is 12.2. The molecule has 0 saturated heterocycles. The van der Waals surface area contributed by atoms with Crippen LogP contribution in [0, 0.1) is 6.92 Å². The van der Waals surface area contributed by atoms with Gasteiger partial charge in [0.1, 0.15) is 0 Å². The second-order valence-corrected chi connectivity index (χ2v) is 5.47. The highest BCUT2D eigenvalue weighted by atomic mass is 32.2. The van der Waals surface area contributed by atoms with Gasteiger partial charge in [0.2, 0.25) is 10.0 Å². The summed E-state index contributed by atoms with van der Waals surface area (Å²) in [6, 6.07) is 1.93. The molecule has 86 valence electrons. The van der Waals surface area contributed by atoms with Crippen molar-refractivity contribution in [1.82, 2.24) is 14.5 Å². The average Bonchev–Trinajstić information content (AvgIpc) is 2.59. The van der Waals surface area contributed by atoms with Crippen LogP contribution < -0.4 is 4.72 Å². The lowest BCUT2D eigenvalue weighted by molar-refractivity contribution is 0.552. The van der Waals surface area contributed by atoms with Crippen molar-refractivity contribution in [3.05, 3.63) is 18.0 Å². The molecule has 0 aliphatic carbocycles. The van der Waals surface area contributed by atoms with Gasteiger partial charge in [-0.05, 0) is 26.3 Å². The minimum atomic E-state index is -3.05. The molecule has 1 rings (SSSR count). The molecule has 0 spiro atoms. The van der Waals surface area contributed by atoms with E-state index in [2.05, 4.69) is 9.82 Å². The lowest BCUT2D eigenvalue weighted by Gasteiger charge is -2.04. The number of hydrogen-bond acceptors (Lipinski definition) is 3. The lowest BCUT2D eigenvalue weighted by atomic mass is 10.4. The van der Waals surface area contributed by atoms with Gasteiger partial charge in [-0.15, -0.1) is 0 Å². The lowest BCUT2D eigenvalue weighted by Crippen LogP contribution is -2.26. The van der Waals surface area contributed by atoms with Gasteiger partial charge in [-0.1, -0.05) is 0 Å². The number of nitrogens with zero attached hydrogens (tertiary/aromatic N) is 2. The molecule has 15 heavy (non-hydrogen) atoms. The monoisotopic (exact) mass is 231 g/mol. The minimum absolute atomic E-state index is 0.133. The predicted octanol–water partition coefficient (Wildman–Crippen LogP) is 0.521. The van der Waals surface area contributed by atoms with Crippen LogP contribution in [0.25, 0.3) is 0 Å². The largest absolute Gasteiger partial charge is 0.272 e. The summed E-state index contributed by atoms with van der Waals surface area (Å²) in [6.45, 7) is 4.75. The summed E-state index contributed by atoms with van der Waals surface area (Å²) in [4.78, 5) is 0. The smallest absolute Gasteiger partial charge is 0.211 e. The maximum Gasteiger partial charge on any atom is 0.211 e. The molecular formula is C9H17N3O2S. The van der Waals surface area contributed by atoms with Gasteiger partial charge in [0.15, 0.2) is 0 Å². The molecule has 0 aliphatic rings. The molecule has 0 unspecified atom stereocenters. The molecule has 0 radical (unpaired) electrons. The fourth-order valence-corrected chi connectivity index (χ4v) is 1.82. The Kier molecular flexibility index (Phi) is 4.28. The summed E-state index contributed by atoms with van der Waals surface area (Å²) in [7, 11) is -3.05. The van der Waals surface area contributed by atoms with Crippen LogP contribution >= 0.6 is 0 Å². The Labute approximate surface area is 90.5 Å². The number of rotatable bonds is 6. The second kappa shape index (κ2) is 5.27. The zero-order valence-corrected chi connectivity index (χ0v) is 9.92. The molecule has 0 atom stereocenters. The molecule has 0 aromatic carbocycles. The number of nitrogens with one attached hydrogen (secondary N) is 1. The van der Waals surface area contributed by atoms with E-state index < -0.39 is 10.0 Å².